The molecule has 0 aliphatic heterocycles. The predicted octanol–water partition coefficient (Wildman–Crippen LogP) is 7.23. The van der Waals surface area contributed by atoms with Crippen molar-refractivity contribution in [2.45, 2.75) is 34.1 Å². The van der Waals surface area contributed by atoms with E-state index in [1.807, 2.05) is 0 Å². The molecule has 3 aromatic carbocycles. The van der Waals surface area contributed by atoms with E-state index in [0.717, 1.165) is 44.8 Å². The van der Waals surface area contributed by atoms with Gasteiger partial charge in [0.25, 0.3) is 0 Å². The van der Waals surface area contributed by atoms with Crippen molar-refractivity contribution in [3.05, 3.63) is 72.2 Å². The van der Waals surface area contributed by atoms with Crippen molar-refractivity contribution in [2.75, 3.05) is 0 Å². The monoisotopic (exact) mass is 428 g/mol. The molecule has 33 heavy (non-hydrogen) atoms. The minimum absolute atomic E-state index is 0.189. The van der Waals surface area contributed by atoms with Crippen LogP contribution in [0, 0.1) is 12.3 Å². The number of nitrogens with zero attached hydrogens (tertiary/aromatic N) is 4. The molecule has 0 aliphatic carbocycles. The van der Waals surface area contributed by atoms with Gasteiger partial charge >= 0.3 is 0 Å². The van der Waals surface area contributed by atoms with Gasteiger partial charge in [0.15, 0.2) is 0 Å². The second-order valence-electron chi connectivity index (χ2n) is 10.5. The summed E-state index contributed by atoms with van der Waals surface area (Å²) < 4.78 is 2.42. The van der Waals surface area contributed by atoms with Crippen LogP contribution in [0.2, 0.25) is 0 Å². The fourth-order valence-electron chi connectivity index (χ4n) is 5.59. The Kier molecular flexibility index (Phi) is 3.50. The van der Waals surface area contributed by atoms with Gasteiger partial charge in [-0.05, 0) is 54.7 Å². The minimum Gasteiger partial charge on any atom is -0.308 e. The van der Waals surface area contributed by atoms with Gasteiger partial charge in [0.1, 0.15) is 6.33 Å². The van der Waals surface area contributed by atoms with Gasteiger partial charge in [-0.2, -0.15) is 0 Å². The summed E-state index contributed by atoms with van der Waals surface area (Å²) in [4.78, 5) is 14.5. The Bertz CT molecular complexity index is 1890. The topological polar surface area (TPSA) is 43.1 Å². The molecule has 4 heteroatoms. The molecular formula is C29H24N4. The van der Waals surface area contributed by atoms with Gasteiger partial charge in [-0.25, -0.2) is 9.97 Å². The average molecular weight is 429 g/mol. The Balaban J connectivity index is 1.83. The van der Waals surface area contributed by atoms with Gasteiger partial charge in [0.2, 0.25) is 0 Å². The van der Waals surface area contributed by atoms with E-state index in [-0.39, 0.29) is 5.41 Å². The van der Waals surface area contributed by atoms with Crippen molar-refractivity contribution in [3.8, 4) is 0 Å². The van der Waals surface area contributed by atoms with Crippen LogP contribution in [0.15, 0.2) is 60.9 Å². The van der Waals surface area contributed by atoms with Gasteiger partial charge in [0, 0.05) is 27.2 Å². The van der Waals surface area contributed by atoms with Gasteiger partial charge in [-0.3, -0.25) is 4.98 Å². The molecule has 4 heterocycles. The molecule has 7 rings (SSSR count). The number of benzene rings is 3. The van der Waals surface area contributed by atoms with Crippen LogP contribution < -0.4 is 0 Å². The summed E-state index contributed by atoms with van der Waals surface area (Å²) in [6.07, 6.45) is 2.70. The fourth-order valence-corrected chi connectivity index (χ4v) is 5.59. The Morgan fingerprint density at radius 3 is 2.52 bits per heavy atom. The third-order valence-electron chi connectivity index (χ3n) is 6.74. The molecule has 4 nitrogen and oxygen atoms in total. The summed E-state index contributed by atoms with van der Waals surface area (Å²) >= 11 is 0. The SMILES string of the molecule is Cc1ccc2cc3c4ncnc5cc(CC(C)(C)C)cc(c54)n4c5ccccc5c(c2n1)c34. The molecule has 160 valence electrons. The van der Waals surface area contributed by atoms with Crippen LogP contribution in [0.25, 0.3) is 60.0 Å². The van der Waals surface area contributed by atoms with Gasteiger partial charge in [0.05, 0.1) is 38.5 Å². The minimum atomic E-state index is 0.189. The van der Waals surface area contributed by atoms with Crippen LogP contribution in [-0.4, -0.2) is 19.4 Å². The maximum Gasteiger partial charge on any atom is 0.116 e. The third-order valence-corrected chi connectivity index (χ3v) is 6.74. The number of rotatable bonds is 1. The lowest BCUT2D eigenvalue weighted by Gasteiger charge is -2.20. The fraction of sp³-hybridized carbons (Fsp3) is 0.207. The number of pyridine rings is 2. The summed E-state index contributed by atoms with van der Waals surface area (Å²) in [5.74, 6) is 0. The number of aryl methyl sites for hydroxylation is 1. The van der Waals surface area contributed by atoms with Gasteiger partial charge in [-0.1, -0.05) is 45.0 Å². The third kappa shape index (κ3) is 2.55. The average Bonchev–Trinajstić information content (AvgIpc) is 3.12. The Morgan fingerprint density at radius 2 is 1.67 bits per heavy atom. The molecule has 0 spiro atoms. The van der Waals surface area contributed by atoms with Crippen molar-refractivity contribution in [2.24, 2.45) is 5.41 Å². The van der Waals surface area contributed by atoms with E-state index in [9.17, 15) is 0 Å². The van der Waals surface area contributed by atoms with Crippen LogP contribution in [0.3, 0.4) is 0 Å². The molecule has 0 N–H and O–H groups in total. The van der Waals surface area contributed by atoms with E-state index in [4.69, 9.17) is 15.0 Å². The zero-order chi connectivity index (χ0) is 22.5. The Hall–Kier alpha value is -3.79. The predicted molar refractivity (Wildman–Crippen MR) is 137 cm³/mol. The summed E-state index contributed by atoms with van der Waals surface area (Å²) in [6, 6.07) is 19.8. The summed E-state index contributed by atoms with van der Waals surface area (Å²) in [5.41, 5.74) is 9.18. The molecule has 0 radical (unpaired) electrons. The molecule has 7 aromatic rings. The Morgan fingerprint density at radius 1 is 0.818 bits per heavy atom. The highest BCUT2D eigenvalue weighted by atomic mass is 14.9. The van der Waals surface area contributed by atoms with Crippen molar-refractivity contribution in [1.82, 2.24) is 19.4 Å². The number of hydrogen-bond acceptors (Lipinski definition) is 3. The molecule has 0 aliphatic rings. The van der Waals surface area contributed by atoms with Crippen molar-refractivity contribution >= 4 is 60.0 Å². The van der Waals surface area contributed by atoms with E-state index in [1.165, 1.54) is 32.9 Å². The van der Waals surface area contributed by atoms with E-state index < -0.39 is 0 Å². The van der Waals surface area contributed by atoms with Gasteiger partial charge < -0.3 is 4.40 Å². The van der Waals surface area contributed by atoms with Crippen LogP contribution in [0.5, 0.6) is 0 Å². The first kappa shape index (κ1) is 18.8. The zero-order valence-electron chi connectivity index (χ0n) is 19.3. The first-order valence-electron chi connectivity index (χ1n) is 11.5. The molecule has 4 aromatic heterocycles. The molecule has 0 unspecified atom stereocenters. The van der Waals surface area contributed by atoms with E-state index in [1.54, 1.807) is 6.33 Å². The number of aromatic nitrogens is 4. The number of fused-ring (bicyclic) bond motifs is 7. The lowest BCUT2D eigenvalue weighted by molar-refractivity contribution is 0.411. The first-order chi connectivity index (χ1) is 15.9. The summed E-state index contributed by atoms with van der Waals surface area (Å²) in [6.45, 7) is 8.92. The highest BCUT2D eigenvalue weighted by molar-refractivity contribution is 6.31. The van der Waals surface area contributed by atoms with E-state index in [2.05, 4.69) is 86.7 Å². The molecule has 0 bridgehead atoms. The maximum atomic E-state index is 4.99. The van der Waals surface area contributed by atoms with Gasteiger partial charge in [-0.15, -0.1) is 0 Å². The largest absolute Gasteiger partial charge is 0.308 e. The second kappa shape index (κ2) is 6.16. The van der Waals surface area contributed by atoms with Crippen molar-refractivity contribution in [1.29, 1.82) is 0 Å². The second-order valence-corrected chi connectivity index (χ2v) is 10.5. The van der Waals surface area contributed by atoms with Crippen LogP contribution >= 0.6 is 0 Å². The molecule has 0 fully saturated rings. The molecule has 0 saturated carbocycles. The molecule has 0 amide bonds. The summed E-state index contributed by atoms with van der Waals surface area (Å²) in [7, 11) is 0. The molecule has 0 saturated heterocycles. The number of para-hydroxylation sites is 1. The molecule has 0 atom stereocenters. The normalized spacial score (nSPS) is 13.0. The highest BCUT2D eigenvalue weighted by Gasteiger charge is 2.22. The van der Waals surface area contributed by atoms with Crippen molar-refractivity contribution < 1.29 is 0 Å². The first-order valence-corrected chi connectivity index (χ1v) is 11.5. The quantitative estimate of drug-likeness (QED) is 0.205. The molecular weight excluding hydrogens is 404 g/mol. The van der Waals surface area contributed by atoms with E-state index >= 15 is 0 Å². The number of hydrogen-bond donors (Lipinski definition) is 0. The highest BCUT2D eigenvalue weighted by Crippen LogP contribution is 2.42. The van der Waals surface area contributed by atoms with Crippen LogP contribution in [-0.2, 0) is 6.42 Å². The smallest absolute Gasteiger partial charge is 0.116 e. The van der Waals surface area contributed by atoms with Crippen LogP contribution in [0.1, 0.15) is 32.0 Å². The lowest BCUT2D eigenvalue weighted by Crippen LogP contribution is -2.09. The maximum absolute atomic E-state index is 4.99. The van der Waals surface area contributed by atoms with Crippen molar-refractivity contribution in [3.63, 3.8) is 0 Å². The van der Waals surface area contributed by atoms with E-state index in [0.29, 0.717) is 0 Å². The van der Waals surface area contributed by atoms with Crippen LogP contribution in [0.4, 0.5) is 0 Å². The standard InChI is InChI=1S/C29H24N4/c1-16-9-10-18-13-20-27-25-21(30-15-31-27)11-17(14-29(2,3)4)12-23(25)33-22-8-6-5-7-19(22)24(28(20)33)26(18)32-16/h5-13,15H,14H2,1-4H3. The summed E-state index contributed by atoms with van der Waals surface area (Å²) in [5, 5.41) is 5.87. The Labute approximate surface area is 191 Å². The zero-order valence-corrected chi connectivity index (χ0v) is 19.3. The lowest BCUT2D eigenvalue weighted by atomic mass is 9.87.